The first kappa shape index (κ1) is 25.7. The fourth-order valence-corrected chi connectivity index (χ4v) is 6.06. The number of para-hydroxylation sites is 1. The Morgan fingerprint density at radius 1 is 0.921 bits per heavy atom. The summed E-state index contributed by atoms with van der Waals surface area (Å²) in [5, 5.41) is 3.77. The minimum atomic E-state index is -3.55. The number of nitrogens with zero attached hydrogens (tertiary/aromatic N) is 1. The first-order valence-electron chi connectivity index (χ1n) is 12.5. The second-order valence-corrected chi connectivity index (χ2v) is 10.9. The fourth-order valence-electron chi connectivity index (χ4n) is 4.54. The van der Waals surface area contributed by atoms with Crippen molar-refractivity contribution in [2.24, 2.45) is 0 Å². The number of hydrogen-bond acceptors (Lipinski definition) is 7. The van der Waals surface area contributed by atoms with E-state index in [9.17, 15) is 18.0 Å². The van der Waals surface area contributed by atoms with Gasteiger partial charge >= 0.3 is 0 Å². The van der Waals surface area contributed by atoms with Gasteiger partial charge in [0.25, 0.3) is 0 Å². The molecule has 0 unspecified atom stereocenters. The van der Waals surface area contributed by atoms with E-state index in [-0.39, 0.29) is 28.8 Å². The zero-order valence-corrected chi connectivity index (χ0v) is 21.8. The molecule has 0 amide bonds. The number of Topliss-reactive ketones (excluding diaryl/α,β-unsaturated/α-hetero) is 1. The predicted octanol–water partition coefficient (Wildman–Crippen LogP) is 5.14. The average molecular weight is 533 g/mol. The monoisotopic (exact) mass is 532 g/mol. The molecule has 196 valence electrons. The zero-order chi connectivity index (χ0) is 26.7. The van der Waals surface area contributed by atoms with Gasteiger partial charge in [0.2, 0.25) is 15.8 Å². The van der Waals surface area contributed by atoms with Crippen LogP contribution >= 0.6 is 0 Å². The lowest BCUT2D eigenvalue weighted by Crippen LogP contribution is -2.27. The van der Waals surface area contributed by atoms with Crippen molar-refractivity contribution in [1.29, 1.82) is 0 Å². The normalized spacial score (nSPS) is 14.0. The summed E-state index contributed by atoms with van der Waals surface area (Å²) in [5.74, 6) is 0.197. The van der Waals surface area contributed by atoms with E-state index in [4.69, 9.17) is 9.15 Å². The number of rotatable bonds is 10. The largest absolute Gasteiger partial charge is 0.494 e. The molecule has 1 aliphatic rings. The summed E-state index contributed by atoms with van der Waals surface area (Å²) in [6.07, 6.45) is 1.71. The predicted molar refractivity (Wildman–Crippen MR) is 145 cm³/mol. The number of nitrogens with one attached hydrogen (secondary N) is 1. The highest BCUT2D eigenvalue weighted by Crippen LogP contribution is 2.33. The smallest absolute Gasteiger partial charge is 0.243 e. The molecule has 0 atom stereocenters. The van der Waals surface area contributed by atoms with Crippen molar-refractivity contribution in [3.8, 4) is 5.75 Å². The molecule has 5 rings (SSSR count). The maximum absolute atomic E-state index is 13.3. The molecule has 0 aliphatic carbocycles. The minimum Gasteiger partial charge on any atom is -0.494 e. The number of ketones is 2. The number of anilines is 1. The second-order valence-electron chi connectivity index (χ2n) is 9.00. The van der Waals surface area contributed by atoms with Gasteiger partial charge in [-0.25, -0.2) is 8.42 Å². The lowest BCUT2D eigenvalue weighted by Gasteiger charge is -2.15. The van der Waals surface area contributed by atoms with E-state index in [1.807, 2.05) is 25.1 Å². The minimum absolute atomic E-state index is 0.106. The molecule has 0 spiro atoms. The van der Waals surface area contributed by atoms with Gasteiger partial charge < -0.3 is 14.5 Å². The van der Waals surface area contributed by atoms with Crippen molar-refractivity contribution in [3.05, 3.63) is 89.7 Å². The molecule has 0 saturated carbocycles. The molecule has 1 N–H and O–H groups in total. The number of fused-ring (bicyclic) bond motifs is 1. The molecule has 1 aromatic heterocycles. The lowest BCUT2D eigenvalue weighted by molar-refractivity contribution is 0.0997. The van der Waals surface area contributed by atoms with Crippen LogP contribution in [0.15, 0.2) is 82.1 Å². The third-order valence-electron chi connectivity index (χ3n) is 6.53. The highest BCUT2D eigenvalue weighted by atomic mass is 32.2. The number of benzene rings is 3. The van der Waals surface area contributed by atoms with Crippen LogP contribution in [0.2, 0.25) is 0 Å². The number of hydrogen-bond donors (Lipinski definition) is 1. The van der Waals surface area contributed by atoms with Crippen molar-refractivity contribution in [2.45, 2.75) is 24.7 Å². The van der Waals surface area contributed by atoms with Gasteiger partial charge in [0.05, 0.1) is 23.7 Å². The van der Waals surface area contributed by atoms with Crippen LogP contribution in [-0.2, 0) is 10.0 Å². The van der Waals surface area contributed by atoms with E-state index in [0.29, 0.717) is 53.2 Å². The Morgan fingerprint density at radius 3 is 2.26 bits per heavy atom. The van der Waals surface area contributed by atoms with Gasteiger partial charge in [-0.3, -0.25) is 9.59 Å². The number of furan rings is 1. The van der Waals surface area contributed by atoms with Gasteiger partial charge in [-0.15, -0.1) is 0 Å². The third kappa shape index (κ3) is 5.07. The Morgan fingerprint density at radius 2 is 1.58 bits per heavy atom. The van der Waals surface area contributed by atoms with Crippen LogP contribution in [0, 0.1) is 0 Å². The van der Waals surface area contributed by atoms with Crippen LogP contribution in [0.5, 0.6) is 5.75 Å². The average Bonchev–Trinajstić information content (AvgIpc) is 3.61. The standard InChI is InChI=1S/C29H28N2O6S/c1-2-36-22-13-9-21(10-14-22)28(33)29-27(24-7-3-4-8-26(24)37-29)30-19-25(32)20-11-15-23(16-12-20)38(34,35)31-17-5-6-18-31/h3-4,7-16,30H,2,5-6,17-19H2,1H3. The molecule has 9 heteroatoms. The summed E-state index contributed by atoms with van der Waals surface area (Å²) >= 11 is 0. The lowest BCUT2D eigenvalue weighted by atomic mass is 10.1. The molecule has 2 heterocycles. The molecular weight excluding hydrogens is 504 g/mol. The van der Waals surface area contributed by atoms with Gasteiger partial charge in [0, 0.05) is 29.6 Å². The SMILES string of the molecule is CCOc1ccc(C(=O)c2oc3ccccc3c2NCC(=O)c2ccc(S(=O)(=O)N3CCCC3)cc2)cc1. The van der Waals surface area contributed by atoms with E-state index in [2.05, 4.69) is 5.32 Å². The van der Waals surface area contributed by atoms with Crippen LogP contribution in [0.3, 0.4) is 0 Å². The van der Waals surface area contributed by atoms with Crippen molar-refractivity contribution in [3.63, 3.8) is 0 Å². The summed E-state index contributed by atoms with van der Waals surface area (Å²) in [6, 6.07) is 20.0. The summed E-state index contributed by atoms with van der Waals surface area (Å²) in [4.78, 5) is 26.5. The Balaban J connectivity index is 1.35. The Kier molecular flexibility index (Phi) is 7.31. The number of carbonyl (C=O) groups excluding carboxylic acids is 2. The summed E-state index contributed by atoms with van der Waals surface area (Å²) in [6.45, 7) is 3.34. The van der Waals surface area contributed by atoms with Crippen LogP contribution in [0.4, 0.5) is 5.69 Å². The zero-order valence-electron chi connectivity index (χ0n) is 21.0. The van der Waals surface area contributed by atoms with E-state index in [0.717, 1.165) is 12.8 Å². The summed E-state index contributed by atoms with van der Waals surface area (Å²) < 4.78 is 38.4. The summed E-state index contributed by atoms with van der Waals surface area (Å²) in [5.41, 5.74) is 1.75. The highest BCUT2D eigenvalue weighted by molar-refractivity contribution is 7.89. The first-order valence-corrected chi connectivity index (χ1v) is 14.0. The number of ether oxygens (including phenoxy) is 1. The van der Waals surface area contributed by atoms with Crippen molar-refractivity contribution in [1.82, 2.24) is 4.31 Å². The van der Waals surface area contributed by atoms with Crippen LogP contribution < -0.4 is 10.1 Å². The topological polar surface area (TPSA) is 106 Å². The second kappa shape index (κ2) is 10.8. The Labute approximate surface area is 221 Å². The first-order chi connectivity index (χ1) is 18.4. The van der Waals surface area contributed by atoms with Crippen molar-refractivity contribution >= 4 is 38.2 Å². The number of sulfonamides is 1. The van der Waals surface area contributed by atoms with Gasteiger partial charge in [0.1, 0.15) is 11.3 Å². The van der Waals surface area contributed by atoms with E-state index in [1.54, 1.807) is 30.3 Å². The number of carbonyl (C=O) groups is 2. The van der Waals surface area contributed by atoms with Crippen molar-refractivity contribution in [2.75, 3.05) is 31.6 Å². The van der Waals surface area contributed by atoms with Crippen LogP contribution in [-0.4, -0.2) is 50.5 Å². The van der Waals surface area contributed by atoms with Crippen LogP contribution in [0.1, 0.15) is 46.2 Å². The quantitative estimate of drug-likeness (QED) is 0.282. The molecule has 8 nitrogen and oxygen atoms in total. The molecule has 1 saturated heterocycles. The molecule has 1 fully saturated rings. The molecule has 3 aromatic carbocycles. The van der Waals surface area contributed by atoms with Crippen molar-refractivity contribution < 1.29 is 27.2 Å². The fraction of sp³-hybridized carbons (Fsp3) is 0.241. The maximum Gasteiger partial charge on any atom is 0.243 e. The van der Waals surface area contributed by atoms with Crippen LogP contribution in [0.25, 0.3) is 11.0 Å². The Bertz CT molecular complexity index is 1570. The molecule has 4 aromatic rings. The van der Waals surface area contributed by atoms with Gasteiger partial charge in [0.15, 0.2) is 11.5 Å². The Hall–Kier alpha value is -3.95. The summed E-state index contributed by atoms with van der Waals surface area (Å²) in [7, 11) is -3.55. The van der Waals surface area contributed by atoms with E-state index in [1.165, 1.54) is 28.6 Å². The van der Waals surface area contributed by atoms with Gasteiger partial charge in [-0.1, -0.05) is 12.1 Å². The molecule has 0 bridgehead atoms. The highest BCUT2D eigenvalue weighted by Gasteiger charge is 2.27. The van der Waals surface area contributed by atoms with E-state index < -0.39 is 10.0 Å². The van der Waals surface area contributed by atoms with E-state index >= 15 is 0 Å². The van der Waals surface area contributed by atoms with Gasteiger partial charge in [-0.05, 0) is 80.4 Å². The van der Waals surface area contributed by atoms with Gasteiger partial charge in [-0.2, -0.15) is 4.31 Å². The third-order valence-corrected chi connectivity index (χ3v) is 8.45. The molecular formula is C29H28N2O6S. The molecule has 1 aliphatic heterocycles. The maximum atomic E-state index is 13.3. The molecule has 38 heavy (non-hydrogen) atoms. The molecule has 0 radical (unpaired) electrons.